The molecule has 0 fully saturated rings. The van der Waals surface area contributed by atoms with Crippen LogP contribution in [0.3, 0.4) is 0 Å². The van der Waals surface area contributed by atoms with E-state index in [-0.39, 0.29) is 12.0 Å². The summed E-state index contributed by atoms with van der Waals surface area (Å²) in [5.41, 5.74) is 1.08. The van der Waals surface area contributed by atoms with Gasteiger partial charge in [-0.3, -0.25) is 9.59 Å². The van der Waals surface area contributed by atoms with Crippen LogP contribution >= 0.6 is 11.6 Å². The first-order chi connectivity index (χ1) is 12.5. The fourth-order valence-corrected chi connectivity index (χ4v) is 2.11. The summed E-state index contributed by atoms with van der Waals surface area (Å²) in [6.45, 7) is -0.468. The van der Waals surface area contributed by atoms with Gasteiger partial charge in [-0.15, -0.1) is 0 Å². The third-order valence-corrected chi connectivity index (χ3v) is 3.46. The van der Waals surface area contributed by atoms with Crippen LogP contribution in [0.5, 0.6) is 0 Å². The molecule has 0 bridgehead atoms. The van der Waals surface area contributed by atoms with Crippen LogP contribution in [0.2, 0.25) is 5.02 Å². The zero-order chi connectivity index (χ0) is 18.9. The van der Waals surface area contributed by atoms with E-state index in [4.69, 9.17) is 21.6 Å². The Morgan fingerprint density at radius 3 is 2.35 bits per heavy atom. The summed E-state index contributed by atoms with van der Waals surface area (Å²) in [5, 5.41) is 13.8. The Kier molecular flexibility index (Phi) is 6.71. The van der Waals surface area contributed by atoms with Crippen molar-refractivity contribution in [3.8, 4) is 6.07 Å². The maximum atomic E-state index is 11.9. The standard InChI is InChI=1S/C18H14ClN3O4/c19-14-3-1-2-4-15(14)22-17(24)11-26-18(25)12-5-7-13(8-6-12)21-16(23)9-10-20/h1-8H,9,11H2,(H,21,23)(H,22,24). The number of anilines is 2. The number of rotatable bonds is 6. The van der Waals surface area contributed by atoms with Crippen LogP contribution in [0.4, 0.5) is 11.4 Å². The Balaban J connectivity index is 1.86. The van der Waals surface area contributed by atoms with E-state index < -0.39 is 24.4 Å². The topological polar surface area (TPSA) is 108 Å². The van der Waals surface area contributed by atoms with Gasteiger partial charge in [-0.05, 0) is 36.4 Å². The molecule has 0 saturated carbocycles. The molecule has 0 radical (unpaired) electrons. The van der Waals surface area contributed by atoms with Crippen LogP contribution in [0.25, 0.3) is 0 Å². The summed E-state index contributed by atoms with van der Waals surface area (Å²) in [7, 11) is 0. The molecule has 8 heteroatoms. The lowest BCUT2D eigenvalue weighted by molar-refractivity contribution is -0.119. The summed E-state index contributed by atoms with van der Waals surface area (Å²) < 4.78 is 4.94. The molecule has 2 N–H and O–H groups in total. The van der Waals surface area contributed by atoms with Crippen molar-refractivity contribution in [1.82, 2.24) is 0 Å². The van der Waals surface area contributed by atoms with Crippen molar-refractivity contribution >= 4 is 40.8 Å². The summed E-state index contributed by atoms with van der Waals surface area (Å²) >= 11 is 5.93. The highest BCUT2D eigenvalue weighted by molar-refractivity contribution is 6.33. The smallest absolute Gasteiger partial charge is 0.338 e. The summed E-state index contributed by atoms with van der Waals surface area (Å²) in [6.07, 6.45) is -0.260. The van der Waals surface area contributed by atoms with E-state index in [9.17, 15) is 14.4 Å². The van der Waals surface area contributed by atoms with E-state index in [2.05, 4.69) is 10.6 Å². The SMILES string of the molecule is N#CCC(=O)Nc1ccc(C(=O)OCC(=O)Nc2ccccc2Cl)cc1. The Labute approximate surface area is 154 Å². The number of ether oxygens (including phenoxy) is 1. The van der Waals surface area contributed by atoms with Gasteiger partial charge in [-0.1, -0.05) is 23.7 Å². The number of amides is 2. The van der Waals surface area contributed by atoms with Crippen molar-refractivity contribution in [2.75, 3.05) is 17.2 Å². The number of nitriles is 1. The highest BCUT2D eigenvalue weighted by atomic mass is 35.5. The summed E-state index contributed by atoms with van der Waals surface area (Å²) in [6, 6.07) is 14.3. The second-order valence-corrected chi connectivity index (χ2v) is 5.47. The molecule has 0 atom stereocenters. The lowest BCUT2D eigenvalue weighted by atomic mass is 10.2. The fourth-order valence-electron chi connectivity index (χ4n) is 1.93. The molecule has 0 heterocycles. The minimum absolute atomic E-state index is 0.217. The van der Waals surface area contributed by atoms with Crippen molar-refractivity contribution in [2.24, 2.45) is 0 Å². The number of benzene rings is 2. The van der Waals surface area contributed by atoms with Crippen LogP contribution in [0.1, 0.15) is 16.8 Å². The van der Waals surface area contributed by atoms with Gasteiger partial charge in [-0.25, -0.2) is 4.79 Å². The molecular weight excluding hydrogens is 358 g/mol. The maximum Gasteiger partial charge on any atom is 0.338 e. The molecule has 2 amide bonds. The molecule has 0 unspecified atom stereocenters. The van der Waals surface area contributed by atoms with Crippen molar-refractivity contribution in [3.05, 3.63) is 59.1 Å². The number of para-hydroxylation sites is 1. The molecule has 132 valence electrons. The first-order valence-electron chi connectivity index (χ1n) is 7.48. The largest absolute Gasteiger partial charge is 0.452 e. The molecule has 0 aromatic heterocycles. The van der Waals surface area contributed by atoms with E-state index in [0.29, 0.717) is 16.4 Å². The van der Waals surface area contributed by atoms with Crippen LogP contribution < -0.4 is 10.6 Å². The molecular formula is C18H14ClN3O4. The summed E-state index contributed by atoms with van der Waals surface area (Å²) in [5.74, 6) is -1.65. The minimum atomic E-state index is -0.686. The molecule has 0 aliphatic carbocycles. The molecule has 2 rings (SSSR count). The van der Waals surface area contributed by atoms with E-state index >= 15 is 0 Å². The number of nitrogens with one attached hydrogen (secondary N) is 2. The van der Waals surface area contributed by atoms with Gasteiger partial charge in [0.15, 0.2) is 6.61 Å². The fraction of sp³-hybridized carbons (Fsp3) is 0.111. The van der Waals surface area contributed by atoms with Crippen molar-refractivity contribution in [1.29, 1.82) is 5.26 Å². The quantitative estimate of drug-likeness (QED) is 0.759. The Morgan fingerprint density at radius 2 is 1.69 bits per heavy atom. The zero-order valence-corrected chi connectivity index (χ0v) is 14.2. The van der Waals surface area contributed by atoms with E-state index in [1.807, 2.05) is 0 Å². The number of hydrogen-bond acceptors (Lipinski definition) is 5. The number of hydrogen-bond donors (Lipinski definition) is 2. The Bertz CT molecular complexity index is 859. The van der Waals surface area contributed by atoms with Gasteiger partial charge in [0.1, 0.15) is 6.42 Å². The molecule has 0 saturated heterocycles. The van der Waals surface area contributed by atoms with Gasteiger partial charge in [0.2, 0.25) is 5.91 Å². The van der Waals surface area contributed by atoms with Crippen LogP contribution in [0.15, 0.2) is 48.5 Å². The van der Waals surface area contributed by atoms with Gasteiger partial charge in [-0.2, -0.15) is 5.26 Å². The monoisotopic (exact) mass is 371 g/mol. The van der Waals surface area contributed by atoms with E-state index in [1.54, 1.807) is 30.3 Å². The number of esters is 1. The minimum Gasteiger partial charge on any atom is -0.452 e. The van der Waals surface area contributed by atoms with E-state index in [0.717, 1.165) is 0 Å². The zero-order valence-electron chi connectivity index (χ0n) is 13.5. The average Bonchev–Trinajstić information content (AvgIpc) is 2.62. The molecule has 0 spiro atoms. The lowest BCUT2D eigenvalue weighted by Crippen LogP contribution is -2.21. The third-order valence-electron chi connectivity index (χ3n) is 3.13. The van der Waals surface area contributed by atoms with Crippen LogP contribution in [0, 0.1) is 11.3 Å². The molecule has 7 nitrogen and oxygen atoms in total. The second-order valence-electron chi connectivity index (χ2n) is 5.06. The number of nitrogens with zero attached hydrogens (tertiary/aromatic N) is 1. The maximum absolute atomic E-state index is 11.9. The Morgan fingerprint density at radius 1 is 1.00 bits per heavy atom. The first-order valence-corrected chi connectivity index (χ1v) is 7.86. The van der Waals surface area contributed by atoms with Crippen molar-refractivity contribution in [2.45, 2.75) is 6.42 Å². The van der Waals surface area contributed by atoms with Gasteiger partial charge < -0.3 is 15.4 Å². The molecule has 2 aromatic rings. The molecule has 0 aliphatic heterocycles. The highest BCUT2D eigenvalue weighted by Gasteiger charge is 2.11. The van der Waals surface area contributed by atoms with Gasteiger partial charge in [0.25, 0.3) is 5.91 Å². The van der Waals surface area contributed by atoms with Gasteiger partial charge in [0.05, 0.1) is 22.3 Å². The van der Waals surface area contributed by atoms with Gasteiger partial charge >= 0.3 is 5.97 Å². The predicted molar refractivity (Wildman–Crippen MR) is 95.7 cm³/mol. The molecule has 26 heavy (non-hydrogen) atoms. The highest BCUT2D eigenvalue weighted by Crippen LogP contribution is 2.20. The summed E-state index contributed by atoms with van der Waals surface area (Å²) in [4.78, 5) is 35.1. The normalized spacial score (nSPS) is 9.69. The van der Waals surface area contributed by atoms with Crippen molar-refractivity contribution in [3.63, 3.8) is 0 Å². The molecule has 0 aliphatic rings. The van der Waals surface area contributed by atoms with Crippen molar-refractivity contribution < 1.29 is 19.1 Å². The molecule has 2 aromatic carbocycles. The Hall–Kier alpha value is -3.37. The van der Waals surface area contributed by atoms with Crippen LogP contribution in [-0.2, 0) is 14.3 Å². The number of halogens is 1. The number of carbonyl (C=O) groups is 3. The van der Waals surface area contributed by atoms with Gasteiger partial charge in [0, 0.05) is 5.69 Å². The first kappa shape index (κ1) is 19.0. The average molecular weight is 372 g/mol. The second kappa shape index (κ2) is 9.20. The van der Waals surface area contributed by atoms with Crippen LogP contribution in [-0.4, -0.2) is 24.4 Å². The van der Waals surface area contributed by atoms with E-state index in [1.165, 1.54) is 24.3 Å². The predicted octanol–water partition coefficient (Wildman–Crippen LogP) is 2.99. The third kappa shape index (κ3) is 5.61. The lowest BCUT2D eigenvalue weighted by Gasteiger charge is -2.08. The number of carbonyl (C=O) groups excluding carboxylic acids is 3.